The van der Waals surface area contributed by atoms with Crippen molar-refractivity contribution in [3.63, 3.8) is 0 Å². The monoisotopic (exact) mass is 286 g/mol. The average molecular weight is 286 g/mol. The first-order valence-corrected chi connectivity index (χ1v) is 6.98. The molecule has 2 aromatic heterocycles. The lowest BCUT2D eigenvalue weighted by Gasteiger charge is -2.32. The van der Waals surface area contributed by atoms with E-state index in [1.165, 1.54) is 0 Å². The SMILES string of the molecule is Cc1nccn1-c1cncc(B2OC(C)(C)C(C)(C)O2)n1. The normalized spacial score (nSPS) is 20.0. The fraction of sp³-hybridized carbons (Fsp3) is 0.500. The van der Waals surface area contributed by atoms with E-state index in [-0.39, 0.29) is 11.2 Å². The molecule has 1 aliphatic heterocycles. The fourth-order valence-electron chi connectivity index (χ4n) is 2.18. The molecule has 1 saturated heterocycles. The number of hydrogen-bond donors (Lipinski definition) is 0. The molecule has 21 heavy (non-hydrogen) atoms. The maximum atomic E-state index is 6.00. The van der Waals surface area contributed by atoms with Crippen LogP contribution < -0.4 is 5.59 Å². The predicted octanol–water partition coefficient (Wildman–Crippen LogP) is 1.27. The highest BCUT2D eigenvalue weighted by Gasteiger charge is 2.52. The minimum atomic E-state index is -0.508. The lowest BCUT2D eigenvalue weighted by Crippen LogP contribution is -2.41. The van der Waals surface area contributed by atoms with Crippen LogP contribution in [-0.4, -0.2) is 37.8 Å². The summed E-state index contributed by atoms with van der Waals surface area (Å²) in [6, 6.07) is 0. The second-order valence-electron chi connectivity index (χ2n) is 6.23. The highest BCUT2D eigenvalue weighted by molar-refractivity contribution is 6.61. The smallest absolute Gasteiger partial charge is 0.398 e. The maximum absolute atomic E-state index is 6.00. The quantitative estimate of drug-likeness (QED) is 0.778. The van der Waals surface area contributed by atoms with Gasteiger partial charge in [0.2, 0.25) is 0 Å². The summed E-state index contributed by atoms with van der Waals surface area (Å²) in [7, 11) is -0.508. The van der Waals surface area contributed by atoms with Crippen molar-refractivity contribution in [3.05, 3.63) is 30.6 Å². The Kier molecular flexibility index (Phi) is 3.14. The van der Waals surface area contributed by atoms with Crippen molar-refractivity contribution in [2.24, 2.45) is 0 Å². The van der Waals surface area contributed by atoms with E-state index in [9.17, 15) is 0 Å². The minimum Gasteiger partial charge on any atom is -0.398 e. The van der Waals surface area contributed by atoms with E-state index in [1.54, 1.807) is 18.6 Å². The molecule has 0 aliphatic carbocycles. The summed E-state index contributed by atoms with van der Waals surface area (Å²) >= 11 is 0. The van der Waals surface area contributed by atoms with E-state index < -0.39 is 7.12 Å². The van der Waals surface area contributed by atoms with E-state index in [0.29, 0.717) is 11.4 Å². The highest BCUT2D eigenvalue weighted by Crippen LogP contribution is 2.36. The van der Waals surface area contributed by atoms with Crippen LogP contribution in [0.5, 0.6) is 0 Å². The molecule has 0 atom stereocenters. The summed E-state index contributed by atoms with van der Waals surface area (Å²) in [6.45, 7) is 9.99. The average Bonchev–Trinajstić information content (AvgIpc) is 2.92. The first kappa shape index (κ1) is 14.2. The zero-order valence-electron chi connectivity index (χ0n) is 13.0. The molecular formula is C14H19BN4O2. The Morgan fingerprint density at radius 3 is 2.33 bits per heavy atom. The minimum absolute atomic E-state index is 0.389. The van der Waals surface area contributed by atoms with Gasteiger partial charge in [0, 0.05) is 18.6 Å². The summed E-state index contributed by atoms with van der Waals surface area (Å²) in [5.74, 6) is 1.56. The first-order chi connectivity index (χ1) is 9.80. The number of imidazole rings is 1. The summed E-state index contributed by atoms with van der Waals surface area (Å²) in [4.78, 5) is 13.0. The van der Waals surface area contributed by atoms with Gasteiger partial charge in [-0.3, -0.25) is 9.55 Å². The Labute approximate surface area is 124 Å². The highest BCUT2D eigenvalue weighted by atomic mass is 16.7. The zero-order chi connectivity index (χ0) is 15.3. The summed E-state index contributed by atoms with van der Waals surface area (Å²) in [6.07, 6.45) is 6.97. The molecule has 6 nitrogen and oxygen atoms in total. The second kappa shape index (κ2) is 4.64. The molecule has 7 heteroatoms. The Hall–Kier alpha value is -1.73. The van der Waals surface area contributed by atoms with Crippen molar-refractivity contribution in [1.29, 1.82) is 0 Å². The van der Waals surface area contributed by atoms with Gasteiger partial charge in [-0.25, -0.2) is 9.97 Å². The molecule has 0 N–H and O–H groups in total. The molecular weight excluding hydrogens is 267 g/mol. The topological polar surface area (TPSA) is 62.1 Å². The predicted molar refractivity (Wildman–Crippen MR) is 79.6 cm³/mol. The van der Waals surface area contributed by atoms with E-state index in [0.717, 1.165) is 5.82 Å². The number of aromatic nitrogens is 4. The molecule has 1 aliphatic rings. The Balaban J connectivity index is 1.94. The van der Waals surface area contributed by atoms with E-state index in [1.807, 2.05) is 45.4 Å². The molecule has 0 aromatic carbocycles. The van der Waals surface area contributed by atoms with Crippen LogP contribution in [0.3, 0.4) is 0 Å². The van der Waals surface area contributed by atoms with Crippen LogP contribution in [0.4, 0.5) is 0 Å². The van der Waals surface area contributed by atoms with Crippen molar-refractivity contribution in [2.75, 3.05) is 0 Å². The van der Waals surface area contributed by atoms with Crippen molar-refractivity contribution < 1.29 is 9.31 Å². The van der Waals surface area contributed by atoms with Crippen LogP contribution in [0.25, 0.3) is 5.82 Å². The van der Waals surface area contributed by atoms with Gasteiger partial charge in [0.05, 0.1) is 23.0 Å². The molecule has 0 saturated carbocycles. The van der Waals surface area contributed by atoms with Gasteiger partial charge >= 0.3 is 7.12 Å². The zero-order valence-corrected chi connectivity index (χ0v) is 13.0. The van der Waals surface area contributed by atoms with Gasteiger partial charge in [0.1, 0.15) is 5.82 Å². The van der Waals surface area contributed by atoms with Gasteiger partial charge in [-0.15, -0.1) is 0 Å². The third kappa shape index (κ3) is 2.36. The van der Waals surface area contributed by atoms with Crippen LogP contribution in [-0.2, 0) is 9.31 Å². The standard InChI is InChI=1S/C14H19BN4O2/c1-10-17-6-7-19(10)12-9-16-8-11(18-12)15-20-13(2,3)14(4,5)21-15/h6-9H,1-5H3. The summed E-state index contributed by atoms with van der Waals surface area (Å²) < 4.78 is 13.9. The Morgan fingerprint density at radius 2 is 1.76 bits per heavy atom. The number of rotatable bonds is 2. The number of hydrogen-bond acceptors (Lipinski definition) is 5. The summed E-state index contributed by atoms with van der Waals surface area (Å²) in [5, 5.41) is 0. The van der Waals surface area contributed by atoms with E-state index in [2.05, 4.69) is 15.0 Å². The third-order valence-electron chi connectivity index (χ3n) is 4.21. The number of nitrogens with zero attached hydrogens (tertiary/aromatic N) is 4. The van der Waals surface area contributed by atoms with Gasteiger partial charge < -0.3 is 9.31 Å². The van der Waals surface area contributed by atoms with E-state index >= 15 is 0 Å². The van der Waals surface area contributed by atoms with Crippen molar-refractivity contribution in [3.8, 4) is 5.82 Å². The molecule has 3 heterocycles. The van der Waals surface area contributed by atoms with Gasteiger partial charge in [-0.05, 0) is 34.6 Å². The molecule has 0 unspecified atom stereocenters. The number of aryl methyl sites for hydroxylation is 1. The molecule has 0 spiro atoms. The summed E-state index contributed by atoms with van der Waals surface area (Å²) in [5.41, 5.74) is -0.111. The molecule has 110 valence electrons. The molecule has 2 aromatic rings. The van der Waals surface area contributed by atoms with Gasteiger partial charge in [0.15, 0.2) is 5.82 Å². The molecule has 0 bridgehead atoms. The molecule has 3 rings (SSSR count). The van der Waals surface area contributed by atoms with Crippen LogP contribution in [0.1, 0.15) is 33.5 Å². The van der Waals surface area contributed by atoms with Crippen LogP contribution in [0, 0.1) is 6.92 Å². The second-order valence-corrected chi connectivity index (χ2v) is 6.23. The van der Waals surface area contributed by atoms with Gasteiger partial charge in [-0.1, -0.05) is 0 Å². The lowest BCUT2D eigenvalue weighted by molar-refractivity contribution is 0.00578. The molecule has 1 fully saturated rings. The largest absolute Gasteiger partial charge is 0.516 e. The first-order valence-electron chi connectivity index (χ1n) is 6.98. The Morgan fingerprint density at radius 1 is 1.10 bits per heavy atom. The van der Waals surface area contributed by atoms with Crippen LogP contribution in [0.2, 0.25) is 0 Å². The van der Waals surface area contributed by atoms with Crippen molar-refractivity contribution in [2.45, 2.75) is 45.8 Å². The Bertz CT molecular complexity index is 652. The van der Waals surface area contributed by atoms with Crippen molar-refractivity contribution in [1.82, 2.24) is 19.5 Å². The van der Waals surface area contributed by atoms with E-state index in [4.69, 9.17) is 9.31 Å². The molecule has 0 radical (unpaired) electrons. The maximum Gasteiger partial charge on any atom is 0.516 e. The van der Waals surface area contributed by atoms with Gasteiger partial charge in [0.25, 0.3) is 0 Å². The lowest BCUT2D eigenvalue weighted by atomic mass is 9.85. The van der Waals surface area contributed by atoms with Crippen LogP contribution in [0.15, 0.2) is 24.8 Å². The van der Waals surface area contributed by atoms with Crippen molar-refractivity contribution >= 4 is 12.7 Å². The molecule has 0 amide bonds. The van der Waals surface area contributed by atoms with Gasteiger partial charge in [-0.2, -0.15) is 0 Å². The van der Waals surface area contributed by atoms with Crippen LogP contribution >= 0.6 is 0 Å². The fourth-order valence-corrected chi connectivity index (χ4v) is 2.18. The third-order valence-corrected chi connectivity index (χ3v) is 4.21.